The Morgan fingerprint density at radius 3 is 1.65 bits per heavy atom. The van der Waals surface area contributed by atoms with Crippen LogP contribution in [0.1, 0.15) is 124 Å². The molecule has 2 heteroatoms. The van der Waals surface area contributed by atoms with E-state index in [1.165, 1.54) is 83.5 Å². The van der Waals surface area contributed by atoms with Gasteiger partial charge >= 0.3 is 5.97 Å². The van der Waals surface area contributed by atoms with Crippen LogP contribution in [-0.2, 0) is 9.53 Å². The SMILES string of the molecule is CCCCCCCCCCCCCC(=O)O[C@H](C)CCCCC. The molecule has 2 nitrogen and oxygen atoms in total. The van der Waals surface area contributed by atoms with Gasteiger partial charge in [-0.25, -0.2) is 0 Å². The molecule has 0 bridgehead atoms. The van der Waals surface area contributed by atoms with Gasteiger partial charge in [0.25, 0.3) is 0 Å². The maximum Gasteiger partial charge on any atom is 0.306 e. The van der Waals surface area contributed by atoms with E-state index in [4.69, 9.17) is 4.74 Å². The number of hydrogen-bond acceptors (Lipinski definition) is 2. The summed E-state index contributed by atoms with van der Waals surface area (Å²) in [5, 5.41) is 0. The molecule has 0 aliphatic heterocycles. The highest BCUT2D eigenvalue weighted by molar-refractivity contribution is 5.69. The Balaban J connectivity index is 3.26. The first-order valence-corrected chi connectivity index (χ1v) is 10.4. The second kappa shape index (κ2) is 17.8. The zero-order chi connectivity index (χ0) is 17.2. The monoisotopic (exact) mass is 326 g/mol. The van der Waals surface area contributed by atoms with Gasteiger partial charge in [0.05, 0.1) is 6.10 Å². The predicted molar refractivity (Wildman–Crippen MR) is 101 cm³/mol. The number of carbonyl (C=O) groups excluding carboxylic acids is 1. The van der Waals surface area contributed by atoms with E-state index in [1.54, 1.807) is 0 Å². The Bertz CT molecular complexity index is 250. The van der Waals surface area contributed by atoms with Gasteiger partial charge in [-0.2, -0.15) is 0 Å². The lowest BCUT2D eigenvalue weighted by Gasteiger charge is -2.12. The molecule has 0 aliphatic carbocycles. The molecule has 0 aromatic heterocycles. The van der Waals surface area contributed by atoms with Gasteiger partial charge in [0.15, 0.2) is 0 Å². The van der Waals surface area contributed by atoms with Crippen molar-refractivity contribution in [3.05, 3.63) is 0 Å². The fourth-order valence-corrected chi connectivity index (χ4v) is 2.96. The molecular weight excluding hydrogens is 284 g/mol. The van der Waals surface area contributed by atoms with Gasteiger partial charge in [-0.3, -0.25) is 4.79 Å². The number of unbranched alkanes of at least 4 members (excludes halogenated alkanes) is 12. The predicted octanol–water partition coefficient (Wildman–Crippen LogP) is 7.20. The number of esters is 1. The average Bonchev–Trinajstić information content (AvgIpc) is 2.52. The van der Waals surface area contributed by atoms with Crippen LogP contribution in [0.2, 0.25) is 0 Å². The Morgan fingerprint density at radius 1 is 0.696 bits per heavy atom. The van der Waals surface area contributed by atoms with E-state index >= 15 is 0 Å². The smallest absolute Gasteiger partial charge is 0.306 e. The van der Waals surface area contributed by atoms with Crippen molar-refractivity contribution in [1.82, 2.24) is 0 Å². The van der Waals surface area contributed by atoms with Crippen LogP contribution >= 0.6 is 0 Å². The van der Waals surface area contributed by atoms with Crippen molar-refractivity contribution in [3.8, 4) is 0 Å². The lowest BCUT2D eigenvalue weighted by Crippen LogP contribution is -2.14. The quantitative estimate of drug-likeness (QED) is 0.209. The largest absolute Gasteiger partial charge is 0.463 e. The second-order valence-corrected chi connectivity index (χ2v) is 7.08. The first-order chi connectivity index (χ1) is 11.2. The van der Waals surface area contributed by atoms with Crippen LogP contribution in [0.15, 0.2) is 0 Å². The molecule has 0 rings (SSSR count). The summed E-state index contributed by atoms with van der Waals surface area (Å²) in [6.07, 6.45) is 19.8. The standard InChI is InChI=1S/C21H42O2/c1-4-6-8-9-10-11-12-13-14-15-17-19-21(22)23-20(3)18-16-7-5-2/h20H,4-19H2,1-3H3/t20-/m1/s1. The highest BCUT2D eigenvalue weighted by Crippen LogP contribution is 2.13. The van der Waals surface area contributed by atoms with E-state index in [2.05, 4.69) is 13.8 Å². The molecule has 0 aromatic rings. The fourth-order valence-electron chi connectivity index (χ4n) is 2.96. The summed E-state index contributed by atoms with van der Waals surface area (Å²) in [5.74, 6) is 0.00456. The second-order valence-electron chi connectivity index (χ2n) is 7.08. The molecule has 0 fully saturated rings. The highest BCUT2D eigenvalue weighted by Gasteiger charge is 2.08. The van der Waals surface area contributed by atoms with Crippen molar-refractivity contribution in [2.75, 3.05) is 0 Å². The summed E-state index contributed by atoms with van der Waals surface area (Å²) in [7, 11) is 0. The zero-order valence-electron chi connectivity index (χ0n) is 16.2. The van der Waals surface area contributed by atoms with Gasteiger partial charge in [-0.05, 0) is 26.2 Å². The van der Waals surface area contributed by atoms with E-state index in [0.717, 1.165) is 12.8 Å². The van der Waals surface area contributed by atoms with Crippen LogP contribution in [-0.4, -0.2) is 12.1 Å². The Hall–Kier alpha value is -0.530. The third-order valence-corrected chi connectivity index (χ3v) is 4.53. The van der Waals surface area contributed by atoms with Crippen LogP contribution in [0.25, 0.3) is 0 Å². The molecule has 0 saturated carbocycles. The van der Waals surface area contributed by atoms with E-state index in [9.17, 15) is 4.79 Å². The summed E-state index contributed by atoms with van der Waals surface area (Å²) >= 11 is 0. The Labute approximate surface area is 145 Å². The zero-order valence-corrected chi connectivity index (χ0v) is 16.2. The molecule has 138 valence electrons. The van der Waals surface area contributed by atoms with Gasteiger partial charge in [0.1, 0.15) is 0 Å². The molecule has 1 atom stereocenters. The van der Waals surface area contributed by atoms with Crippen LogP contribution in [0.4, 0.5) is 0 Å². The third-order valence-electron chi connectivity index (χ3n) is 4.53. The lowest BCUT2D eigenvalue weighted by atomic mass is 10.1. The molecule has 0 saturated heterocycles. The van der Waals surface area contributed by atoms with Crippen molar-refractivity contribution in [2.24, 2.45) is 0 Å². The minimum atomic E-state index is 0.00456. The first kappa shape index (κ1) is 22.5. The molecule has 0 spiro atoms. The summed E-state index contributed by atoms with van der Waals surface area (Å²) in [6.45, 7) is 6.49. The van der Waals surface area contributed by atoms with Crippen LogP contribution in [0.3, 0.4) is 0 Å². The number of hydrogen-bond donors (Lipinski definition) is 0. The maximum atomic E-state index is 11.7. The third kappa shape index (κ3) is 17.7. The van der Waals surface area contributed by atoms with E-state index < -0.39 is 0 Å². The minimum absolute atomic E-state index is 0.00456. The number of carbonyl (C=O) groups is 1. The van der Waals surface area contributed by atoms with Gasteiger partial charge in [0.2, 0.25) is 0 Å². The molecule has 0 amide bonds. The highest BCUT2D eigenvalue weighted by atomic mass is 16.5. The molecule has 0 aliphatic rings. The van der Waals surface area contributed by atoms with E-state index in [1.807, 2.05) is 6.92 Å². The van der Waals surface area contributed by atoms with Gasteiger partial charge in [-0.15, -0.1) is 0 Å². The molecule has 0 unspecified atom stereocenters. The number of ether oxygens (including phenoxy) is 1. The first-order valence-electron chi connectivity index (χ1n) is 10.4. The topological polar surface area (TPSA) is 26.3 Å². The minimum Gasteiger partial charge on any atom is -0.463 e. The van der Waals surface area contributed by atoms with Crippen LogP contribution in [0, 0.1) is 0 Å². The summed E-state index contributed by atoms with van der Waals surface area (Å²) < 4.78 is 5.45. The maximum absolute atomic E-state index is 11.7. The summed E-state index contributed by atoms with van der Waals surface area (Å²) in [4.78, 5) is 11.7. The molecule has 0 aromatic carbocycles. The van der Waals surface area contributed by atoms with Gasteiger partial charge in [0, 0.05) is 6.42 Å². The Kier molecular flexibility index (Phi) is 17.4. The summed E-state index contributed by atoms with van der Waals surface area (Å²) in [5.41, 5.74) is 0. The lowest BCUT2D eigenvalue weighted by molar-refractivity contribution is -0.148. The van der Waals surface area contributed by atoms with Crippen molar-refractivity contribution in [1.29, 1.82) is 0 Å². The van der Waals surface area contributed by atoms with Crippen molar-refractivity contribution >= 4 is 5.97 Å². The fraction of sp³-hybridized carbons (Fsp3) is 0.952. The molecule has 0 N–H and O–H groups in total. The van der Waals surface area contributed by atoms with Gasteiger partial charge in [-0.1, -0.05) is 90.9 Å². The summed E-state index contributed by atoms with van der Waals surface area (Å²) in [6, 6.07) is 0. The molecule has 0 radical (unpaired) electrons. The normalized spacial score (nSPS) is 12.3. The molecule has 0 heterocycles. The van der Waals surface area contributed by atoms with Crippen molar-refractivity contribution in [2.45, 2.75) is 130 Å². The van der Waals surface area contributed by atoms with Crippen molar-refractivity contribution in [3.63, 3.8) is 0 Å². The van der Waals surface area contributed by atoms with E-state index in [0.29, 0.717) is 6.42 Å². The molecular formula is C21H42O2. The molecule has 23 heavy (non-hydrogen) atoms. The van der Waals surface area contributed by atoms with Gasteiger partial charge < -0.3 is 4.74 Å². The van der Waals surface area contributed by atoms with Crippen molar-refractivity contribution < 1.29 is 9.53 Å². The average molecular weight is 327 g/mol. The van der Waals surface area contributed by atoms with Crippen LogP contribution < -0.4 is 0 Å². The Morgan fingerprint density at radius 2 is 1.13 bits per heavy atom. The van der Waals surface area contributed by atoms with Crippen LogP contribution in [0.5, 0.6) is 0 Å². The van der Waals surface area contributed by atoms with E-state index in [-0.39, 0.29) is 12.1 Å². The number of rotatable bonds is 17.